The van der Waals surface area contributed by atoms with Crippen LogP contribution >= 0.6 is 11.5 Å². The van der Waals surface area contributed by atoms with Crippen LogP contribution in [0.2, 0.25) is 0 Å². The number of carboxylic acid groups (broad SMARTS) is 1. The second-order valence-electron chi connectivity index (χ2n) is 5.09. The number of nitrogens with zero attached hydrogens (tertiary/aromatic N) is 3. The van der Waals surface area contributed by atoms with E-state index in [1.54, 1.807) is 0 Å². The Morgan fingerprint density at radius 3 is 2.67 bits per heavy atom. The van der Waals surface area contributed by atoms with Crippen molar-refractivity contribution < 1.29 is 9.90 Å². The molecule has 0 bridgehead atoms. The van der Waals surface area contributed by atoms with Crippen molar-refractivity contribution in [2.45, 2.75) is 32.7 Å². The van der Waals surface area contributed by atoms with Crippen molar-refractivity contribution in [2.24, 2.45) is 0 Å². The van der Waals surface area contributed by atoms with Crippen molar-refractivity contribution in [1.82, 2.24) is 9.36 Å². The molecule has 0 spiro atoms. The fourth-order valence-electron chi connectivity index (χ4n) is 2.00. The predicted octanol–water partition coefficient (Wildman–Crippen LogP) is 2.82. The van der Waals surface area contributed by atoms with E-state index in [4.69, 9.17) is 5.11 Å². The van der Waals surface area contributed by atoms with Gasteiger partial charge in [0.25, 0.3) is 0 Å². The van der Waals surface area contributed by atoms with Crippen molar-refractivity contribution in [1.29, 1.82) is 0 Å². The Hall–Kier alpha value is -1.95. The van der Waals surface area contributed by atoms with Crippen LogP contribution in [-0.4, -0.2) is 33.0 Å². The Morgan fingerprint density at radius 2 is 2.05 bits per heavy atom. The lowest BCUT2D eigenvalue weighted by atomic mass is 10.1. The number of anilines is 1. The molecule has 1 N–H and O–H groups in total. The molecule has 1 aromatic heterocycles. The molecule has 0 amide bonds. The molecule has 2 aromatic rings. The van der Waals surface area contributed by atoms with Gasteiger partial charge in [-0.3, -0.25) is 4.79 Å². The summed E-state index contributed by atoms with van der Waals surface area (Å²) in [6, 6.07) is 10.3. The smallest absolute Gasteiger partial charge is 0.305 e. The molecule has 1 heterocycles. The first kappa shape index (κ1) is 15.4. The molecule has 5 nitrogen and oxygen atoms in total. The molecule has 0 radical (unpaired) electrons. The van der Waals surface area contributed by atoms with E-state index in [-0.39, 0.29) is 12.5 Å². The zero-order chi connectivity index (χ0) is 15.2. The summed E-state index contributed by atoms with van der Waals surface area (Å²) in [7, 11) is 0. The molecule has 112 valence electrons. The summed E-state index contributed by atoms with van der Waals surface area (Å²) in [5.41, 5.74) is 1.17. The maximum Gasteiger partial charge on any atom is 0.305 e. The van der Waals surface area contributed by atoms with E-state index in [0.29, 0.717) is 13.0 Å². The van der Waals surface area contributed by atoms with E-state index in [1.807, 2.05) is 49.1 Å². The van der Waals surface area contributed by atoms with E-state index >= 15 is 0 Å². The minimum Gasteiger partial charge on any atom is -0.481 e. The molecular weight excluding hydrogens is 286 g/mol. The molecule has 0 aliphatic heterocycles. The van der Waals surface area contributed by atoms with Crippen molar-refractivity contribution in [3.05, 3.63) is 41.7 Å². The Labute approximate surface area is 128 Å². The fraction of sp³-hybridized carbons (Fsp3) is 0.400. The molecular formula is C15H19N3O2S. The number of aromatic nitrogens is 2. The molecule has 21 heavy (non-hydrogen) atoms. The quantitative estimate of drug-likeness (QED) is 0.852. The normalized spacial score (nSPS) is 10.8. The van der Waals surface area contributed by atoms with Crippen LogP contribution in [0.5, 0.6) is 0 Å². The number of hydrogen-bond acceptors (Lipinski definition) is 5. The molecule has 0 atom stereocenters. The van der Waals surface area contributed by atoms with Gasteiger partial charge in [0, 0.05) is 30.5 Å². The lowest BCUT2D eigenvalue weighted by Gasteiger charge is -2.24. The van der Waals surface area contributed by atoms with Crippen LogP contribution in [0.3, 0.4) is 0 Å². The largest absolute Gasteiger partial charge is 0.481 e. The highest BCUT2D eigenvalue weighted by Crippen LogP contribution is 2.21. The summed E-state index contributed by atoms with van der Waals surface area (Å²) in [6.07, 6.45) is 0.800. The van der Waals surface area contributed by atoms with Crippen LogP contribution < -0.4 is 4.90 Å². The first-order chi connectivity index (χ1) is 10.1. The average molecular weight is 305 g/mol. The number of carboxylic acids is 1. The first-order valence-electron chi connectivity index (χ1n) is 6.91. The summed E-state index contributed by atoms with van der Waals surface area (Å²) in [5.74, 6) is -0.0168. The van der Waals surface area contributed by atoms with Gasteiger partial charge < -0.3 is 10.0 Å². The van der Waals surface area contributed by atoms with Crippen LogP contribution in [0.1, 0.15) is 31.7 Å². The van der Waals surface area contributed by atoms with Crippen LogP contribution in [-0.2, 0) is 11.2 Å². The van der Waals surface area contributed by atoms with Gasteiger partial charge in [-0.25, -0.2) is 4.98 Å². The van der Waals surface area contributed by atoms with E-state index in [1.165, 1.54) is 17.1 Å². The van der Waals surface area contributed by atoms with Crippen LogP contribution in [0.4, 0.5) is 5.13 Å². The van der Waals surface area contributed by atoms with Gasteiger partial charge in [0.2, 0.25) is 5.13 Å². The Bertz CT molecular complexity index is 584. The topological polar surface area (TPSA) is 66.3 Å². The van der Waals surface area contributed by atoms with E-state index < -0.39 is 5.97 Å². The molecule has 0 aliphatic carbocycles. The summed E-state index contributed by atoms with van der Waals surface area (Å²) in [5, 5.41) is 9.62. The maximum absolute atomic E-state index is 10.7. The zero-order valence-corrected chi connectivity index (χ0v) is 13.0. The molecule has 0 saturated heterocycles. The van der Waals surface area contributed by atoms with Gasteiger partial charge >= 0.3 is 5.97 Å². The summed E-state index contributed by atoms with van der Waals surface area (Å²) in [4.78, 5) is 17.3. The summed E-state index contributed by atoms with van der Waals surface area (Å²) >= 11 is 1.33. The minimum absolute atomic E-state index is 0.103. The summed E-state index contributed by atoms with van der Waals surface area (Å²) < 4.78 is 4.38. The number of benzene rings is 1. The minimum atomic E-state index is -0.797. The average Bonchev–Trinajstić information content (AvgIpc) is 2.87. The van der Waals surface area contributed by atoms with E-state index in [2.05, 4.69) is 9.36 Å². The van der Waals surface area contributed by atoms with Gasteiger partial charge in [0.05, 0.1) is 6.42 Å². The molecule has 0 saturated carbocycles. The van der Waals surface area contributed by atoms with Gasteiger partial charge in [0.1, 0.15) is 5.82 Å². The second-order valence-corrected chi connectivity index (χ2v) is 5.82. The Balaban J connectivity index is 2.07. The van der Waals surface area contributed by atoms with Gasteiger partial charge in [-0.1, -0.05) is 30.3 Å². The number of aliphatic carboxylic acids is 1. The maximum atomic E-state index is 10.7. The van der Waals surface area contributed by atoms with Crippen molar-refractivity contribution in [2.75, 3.05) is 11.4 Å². The van der Waals surface area contributed by atoms with Crippen LogP contribution in [0.15, 0.2) is 30.3 Å². The standard InChI is InChI=1S/C15H19N3O2S/c1-11(2)18(9-8-14(19)20)15-16-13(17-21-15)10-12-6-4-3-5-7-12/h3-7,11H,8-10H2,1-2H3,(H,19,20). The van der Waals surface area contributed by atoms with Crippen LogP contribution in [0.25, 0.3) is 0 Å². The second kappa shape index (κ2) is 7.17. The number of rotatable bonds is 7. The molecule has 0 unspecified atom stereocenters. The lowest BCUT2D eigenvalue weighted by molar-refractivity contribution is -0.136. The summed E-state index contributed by atoms with van der Waals surface area (Å²) in [6.45, 7) is 4.51. The first-order valence-corrected chi connectivity index (χ1v) is 7.68. The van der Waals surface area contributed by atoms with Gasteiger partial charge in [-0.05, 0) is 19.4 Å². The van der Waals surface area contributed by atoms with Gasteiger partial charge in [-0.2, -0.15) is 4.37 Å². The third-order valence-corrected chi connectivity index (χ3v) is 3.89. The van der Waals surface area contributed by atoms with Crippen molar-refractivity contribution in [3.8, 4) is 0 Å². The van der Waals surface area contributed by atoms with Gasteiger partial charge in [0.15, 0.2) is 0 Å². The Kier molecular flexibility index (Phi) is 5.27. The molecule has 2 rings (SSSR count). The zero-order valence-electron chi connectivity index (χ0n) is 12.2. The highest BCUT2D eigenvalue weighted by atomic mass is 32.1. The number of hydrogen-bond donors (Lipinski definition) is 1. The van der Waals surface area contributed by atoms with E-state index in [0.717, 1.165) is 11.0 Å². The third-order valence-electron chi connectivity index (χ3n) is 3.10. The van der Waals surface area contributed by atoms with Crippen molar-refractivity contribution >= 4 is 22.6 Å². The molecule has 0 aliphatic rings. The highest BCUT2D eigenvalue weighted by molar-refractivity contribution is 7.09. The molecule has 0 fully saturated rings. The predicted molar refractivity (Wildman–Crippen MR) is 83.9 cm³/mol. The SMILES string of the molecule is CC(C)N(CCC(=O)O)c1nc(Cc2ccccc2)ns1. The third kappa shape index (κ3) is 4.53. The fourth-order valence-corrected chi connectivity index (χ4v) is 2.85. The Morgan fingerprint density at radius 1 is 1.33 bits per heavy atom. The number of carbonyl (C=O) groups is 1. The van der Waals surface area contributed by atoms with E-state index in [9.17, 15) is 4.79 Å². The van der Waals surface area contributed by atoms with Gasteiger partial charge in [-0.15, -0.1) is 0 Å². The van der Waals surface area contributed by atoms with Crippen LogP contribution in [0, 0.1) is 0 Å². The molecule has 1 aromatic carbocycles. The van der Waals surface area contributed by atoms with Crippen molar-refractivity contribution in [3.63, 3.8) is 0 Å². The molecule has 6 heteroatoms. The lowest BCUT2D eigenvalue weighted by Crippen LogP contribution is -2.32. The highest BCUT2D eigenvalue weighted by Gasteiger charge is 2.16. The monoisotopic (exact) mass is 305 g/mol.